The first-order valence-corrected chi connectivity index (χ1v) is 6.56. The Labute approximate surface area is 118 Å². The SMILES string of the molecule is CC(=O)c1cc(C(=O)NCCC(=O)NC(C)C)n(C)c1. The minimum atomic E-state index is -0.294. The molecule has 1 aromatic heterocycles. The molecule has 0 aliphatic heterocycles. The van der Waals surface area contributed by atoms with Crippen LogP contribution in [0.2, 0.25) is 0 Å². The van der Waals surface area contributed by atoms with E-state index in [1.807, 2.05) is 13.8 Å². The fourth-order valence-corrected chi connectivity index (χ4v) is 1.76. The van der Waals surface area contributed by atoms with Gasteiger partial charge in [-0.1, -0.05) is 0 Å². The van der Waals surface area contributed by atoms with Crippen molar-refractivity contribution in [3.63, 3.8) is 0 Å². The van der Waals surface area contributed by atoms with Crippen LogP contribution in [0.15, 0.2) is 12.3 Å². The van der Waals surface area contributed by atoms with Crippen molar-refractivity contribution in [2.75, 3.05) is 6.54 Å². The second kappa shape index (κ2) is 6.88. The van der Waals surface area contributed by atoms with Crippen LogP contribution in [-0.2, 0) is 11.8 Å². The summed E-state index contributed by atoms with van der Waals surface area (Å²) in [7, 11) is 1.70. The number of nitrogens with zero attached hydrogens (tertiary/aromatic N) is 1. The smallest absolute Gasteiger partial charge is 0.267 e. The molecule has 0 radical (unpaired) electrons. The quantitative estimate of drug-likeness (QED) is 0.758. The Morgan fingerprint density at radius 3 is 2.45 bits per heavy atom. The lowest BCUT2D eigenvalue weighted by Crippen LogP contribution is -2.34. The van der Waals surface area contributed by atoms with Crippen LogP contribution in [0.25, 0.3) is 0 Å². The molecule has 1 aromatic rings. The maximum Gasteiger partial charge on any atom is 0.267 e. The Morgan fingerprint density at radius 1 is 1.30 bits per heavy atom. The van der Waals surface area contributed by atoms with Gasteiger partial charge in [-0.05, 0) is 26.8 Å². The van der Waals surface area contributed by atoms with Crippen molar-refractivity contribution in [3.05, 3.63) is 23.5 Å². The lowest BCUT2D eigenvalue weighted by atomic mass is 10.2. The van der Waals surface area contributed by atoms with Gasteiger partial charge in [-0.25, -0.2) is 0 Å². The van der Waals surface area contributed by atoms with E-state index >= 15 is 0 Å². The Kier molecular flexibility index (Phi) is 5.49. The van der Waals surface area contributed by atoms with Crippen LogP contribution >= 0.6 is 0 Å². The van der Waals surface area contributed by atoms with Crippen LogP contribution in [0.3, 0.4) is 0 Å². The molecule has 6 heteroatoms. The number of hydrogen-bond acceptors (Lipinski definition) is 3. The molecule has 0 aliphatic carbocycles. The monoisotopic (exact) mass is 279 g/mol. The lowest BCUT2D eigenvalue weighted by molar-refractivity contribution is -0.121. The van der Waals surface area contributed by atoms with Crippen LogP contribution in [0.4, 0.5) is 0 Å². The van der Waals surface area contributed by atoms with Crippen molar-refractivity contribution >= 4 is 17.6 Å². The minimum Gasteiger partial charge on any atom is -0.354 e. The van der Waals surface area contributed by atoms with Crippen LogP contribution < -0.4 is 10.6 Å². The molecular formula is C14H21N3O3. The molecule has 0 unspecified atom stereocenters. The summed E-state index contributed by atoms with van der Waals surface area (Å²) in [5.74, 6) is -0.482. The highest BCUT2D eigenvalue weighted by Gasteiger charge is 2.13. The van der Waals surface area contributed by atoms with E-state index in [1.54, 1.807) is 23.9 Å². The molecule has 110 valence electrons. The van der Waals surface area contributed by atoms with Gasteiger partial charge in [-0.15, -0.1) is 0 Å². The number of amides is 2. The van der Waals surface area contributed by atoms with E-state index in [0.717, 1.165) is 0 Å². The molecule has 20 heavy (non-hydrogen) atoms. The second-order valence-corrected chi connectivity index (χ2v) is 5.01. The van der Waals surface area contributed by atoms with Crippen molar-refractivity contribution in [3.8, 4) is 0 Å². The van der Waals surface area contributed by atoms with E-state index in [1.165, 1.54) is 6.92 Å². The summed E-state index contributed by atoms with van der Waals surface area (Å²) in [6.45, 7) is 5.47. The summed E-state index contributed by atoms with van der Waals surface area (Å²) >= 11 is 0. The van der Waals surface area contributed by atoms with Gasteiger partial charge >= 0.3 is 0 Å². The topological polar surface area (TPSA) is 80.2 Å². The van der Waals surface area contributed by atoms with Gasteiger partial charge in [-0.2, -0.15) is 0 Å². The Bertz CT molecular complexity index is 518. The van der Waals surface area contributed by atoms with Gasteiger partial charge in [0.25, 0.3) is 5.91 Å². The number of ketones is 1. The third kappa shape index (κ3) is 4.53. The second-order valence-electron chi connectivity index (χ2n) is 5.01. The third-order valence-corrected chi connectivity index (χ3v) is 2.73. The number of carbonyl (C=O) groups excluding carboxylic acids is 3. The van der Waals surface area contributed by atoms with Crippen molar-refractivity contribution in [1.29, 1.82) is 0 Å². The van der Waals surface area contributed by atoms with Gasteiger partial charge < -0.3 is 15.2 Å². The highest BCUT2D eigenvalue weighted by Crippen LogP contribution is 2.07. The zero-order chi connectivity index (χ0) is 15.3. The summed E-state index contributed by atoms with van der Waals surface area (Å²) in [5.41, 5.74) is 0.898. The maximum absolute atomic E-state index is 11.9. The van der Waals surface area contributed by atoms with E-state index in [2.05, 4.69) is 10.6 Å². The third-order valence-electron chi connectivity index (χ3n) is 2.73. The number of Topliss-reactive ketones (excluding diaryl/α,β-unsaturated/α-hetero) is 1. The van der Waals surface area contributed by atoms with Gasteiger partial charge in [0.1, 0.15) is 5.69 Å². The molecule has 2 amide bonds. The first kappa shape index (κ1) is 15.9. The highest BCUT2D eigenvalue weighted by atomic mass is 16.2. The summed E-state index contributed by atoms with van der Waals surface area (Å²) in [4.78, 5) is 34.6. The van der Waals surface area contributed by atoms with E-state index in [4.69, 9.17) is 0 Å². The largest absolute Gasteiger partial charge is 0.354 e. The summed E-state index contributed by atoms with van der Waals surface area (Å²) in [6.07, 6.45) is 1.84. The van der Waals surface area contributed by atoms with Crippen molar-refractivity contribution in [2.24, 2.45) is 7.05 Å². The molecule has 0 aliphatic rings. The number of aryl methyl sites for hydroxylation is 1. The summed E-state index contributed by atoms with van der Waals surface area (Å²) in [5, 5.41) is 5.41. The zero-order valence-electron chi connectivity index (χ0n) is 12.3. The van der Waals surface area contributed by atoms with Crippen LogP contribution in [0.5, 0.6) is 0 Å². The molecule has 0 saturated carbocycles. The van der Waals surface area contributed by atoms with E-state index < -0.39 is 0 Å². The predicted octanol–water partition coefficient (Wildman–Crippen LogP) is 0.872. The molecule has 0 aromatic carbocycles. The Hall–Kier alpha value is -2.11. The molecule has 0 bridgehead atoms. The van der Waals surface area contributed by atoms with Crippen molar-refractivity contribution in [2.45, 2.75) is 33.2 Å². The standard InChI is InChI=1S/C14H21N3O3/c1-9(2)16-13(19)5-6-15-14(20)12-7-11(10(3)18)8-17(12)4/h7-9H,5-6H2,1-4H3,(H,15,20)(H,16,19). The lowest BCUT2D eigenvalue weighted by Gasteiger charge is -2.09. The minimum absolute atomic E-state index is 0.0871. The molecule has 6 nitrogen and oxygen atoms in total. The van der Waals surface area contributed by atoms with E-state index in [-0.39, 0.29) is 36.6 Å². The fraction of sp³-hybridized carbons (Fsp3) is 0.500. The van der Waals surface area contributed by atoms with Gasteiger partial charge in [0.2, 0.25) is 5.91 Å². The molecule has 2 N–H and O–H groups in total. The molecule has 1 heterocycles. The van der Waals surface area contributed by atoms with Gasteiger partial charge in [0.05, 0.1) is 0 Å². The number of aromatic nitrogens is 1. The van der Waals surface area contributed by atoms with E-state index in [9.17, 15) is 14.4 Å². The molecule has 1 rings (SSSR count). The van der Waals surface area contributed by atoms with Crippen molar-refractivity contribution < 1.29 is 14.4 Å². The first-order chi connectivity index (χ1) is 9.31. The van der Waals surface area contributed by atoms with Gasteiger partial charge in [0, 0.05) is 37.8 Å². The van der Waals surface area contributed by atoms with Crippen LogP contribution in [0.1, 0.15) is 48.0 Å². The molecule has 0 fully saturated rings. The van der Waals surface area contributed by atoms with Crippen LogP contribution in [0, 0.1) is 0 Å². The number of carbonyl (C=O) groups is 3. The Balaban J connectivity index is 2.51. The summed E-state index contributed by atoms with van der Waals surface area (Å²) < 4.78 is 1.60. The maximum atomic E-state index is 11.9. The average Bonchev–Trinajstić information content (AvgIpc) is 2.70. The molecule has 0 atom stereocenters. The Morgan fingerprint density at radius 2 is 1.95 bits per heavy atom. The molecule has 0 saturated heterocycles. The predicted molar refractivity (Wildman–Crippen MR) is 75.6 cm³/mol. The van der Waals surface area contributed by atoms with Gasteiger partial charge in [0.15, 0.2) is 5.78 Å². The normalized spacial score (nSPS) is 10.4. The van der Waals surface area contributed by atoms with Crippen molar-refractivity contribution in [1.82, 2.24) is 15.2 Å². The molecular weight excluding hydrogens is 258 g/mol. The average molecular weight is 279 g/mol. The molecule has 0 spiro atoms. The number of rotatable bonds is 6. The zero-order valence-corrected chi connectivity index (χ0v) is 12.3. The first-order valence-electron chi connectivity index (χ1n) is 6.56. The highest BCUT2D eigenvalue weighted by molar-refractivity contribution is 5.99. The van der Waals surface area contributed by atoms with E-state index in [0.29, 0.717) is 11.3 Å². The number of nitrogens with one attached hydrogen (secondary N) is 2. The van der Waals surface area contributed by atoms with Gasteiger partial charge in [-0.3, -0.25) is 14.4 Å². The van der Waals surface area contributed by atoms with Crippen LogP contribution in [-0.4, -0.2) is 34.8 Å². The fourth-order valence-electron chi connectivity index (χ4n) is 1.76. The summed E-state index contributed by atoms with van der Waals surface area (Å²) in [6, 6.07) is 1.63. The number of hydrogen-bond donors (Lipinski definition) is 2.